The first-order valence-electron chi connectivity index (χ1n) is 5.87. The summed E-state index contributed by atoms with van der Waals surface area (Å²) in [6.45, 7) is 4.50. The van der Waals surface area contributed by atoms with Crippen LogP contribution in [0.25, 0.3) is 0 Å². The van der Waals surface area contributed by atoms with Gasteiger partial charge in [-0.3, -0.25) is 4.79 Å². The van der Waals surface area contributed by atoms with Crippen LogP contribution in [0, 0.1) is 5.82 Å². The Morgan fingerprint density at radius 1 is 1.35 bits per heavy atom. The van der Waals surface area contributed by atoms with Crippen LogP contribution in [-0.2, 0) is 4.79 Å². The van der Waals surface area contributed by atoms with Gasteiger partial charge >= 0.3 is 0 Å². The summed E-state index contributed by atoms with van der Waals surface area (Å²) in [5.74, 6) is 0.0596. The van der Waals surface area contributed by atoms with Crippen LogP contribution in [0.5, 0.6) is 5.75 Å². The lowest BCUT2D eigenvalue weighted by molar-refractivity contribution is -0.128. The van der Waals surface area contributed by atoms with E-state index in [4.69, 9.17) is 4.74 Å². The molecule has 1 amide bonds. The maximum absolute atomic E-state index is 12.7. The average molecular weight is 239 g/mol. The van der Waals surface area contributed by atoms with E-state index in [1.807, 2.05) is 13.8 Å². The summed E-state index contributed by atoms with van der Waals surface area (Å²) < 4.78 is 18.2. The zero-order chi connectivity index (χ0) is 12.7. The third-order valence-corrected chi connectivity index (χ3v) is 2.30. The van der Waals surface area contributed by atoms with E-state index in [1.165, 1.54) is 24.3 Å². The summed E-state index contributed by atoms with van der Waals surface area (Å²) in [6.07, 6.45) is 0.943. The van der Waals surface area contributed by atoms with Gasteiger partial charge in [-0.05, 0) is 37.1 Å². The lowest BCUT2D eigenvalue weighted by atomic mass is 10.2. The second-order valence-corrected chi connectivity index (χ2v) is 3.76. The van der Waals surface area contributed by atoms with Crippen molar-refractivity contribution in [1.29, 1.82) is 0 Å². The van der Waals surface area contributed by atoms with Gasteiger partial charge in [0, 0.05) is 6.54 Å². The first-order valence-corrected chi connectivity index (χ1v) is 5.87. The fourth-order valence-electron chi connectivity index (χ4n) is 1.36. The Bertz CT molecular complexity index is 351. The van der Waals surface area contributed by atoms with Gasteiger partial charge in [0.2, 0.25) is 0 Å². The highest BCUT2D eigenvalue weighted by atomic mass is 19.1. The number of benzene rings is 1. The number of amides is 1. The molecule has 0 bridgehead atoms. The van der Waals surface area contributed by atoms with Gasteiger partial charge in [-0.15, -0.1) is 0 Å². The Balaban J connectivity index is 2.57. The van der Waals surface area contributed by atoms with Gasteiger partial charge in [-0.25, -0.2) is 4.39 Å². The van der Waals surface area contributed by atoms with Gasteiger partial charge in [0.15, 0.2) is 6.10 Å². The highest BCUT2D eigenvalue weighted by Gasteiger charge is 2.17. The summed E-state index contributed by atoms with van der Waals surface area (Å²) in [5, 5.41) is 2.78. The average Bonchev–Trinajstić information content (AvgIpc) is 2.35. The summed E-state index contributed by atoms with van der Waals surface area (Å²) >= 11 is 0. The molecule has 17 heavy (non-hydrogen) atoms. The zero-order valence-corrected chi connectivity index (χ0v) is 10.2. The predicted molar refractivity (Wildman–Crippen MR) is 64.4 cm³/mol. The monoisotopic (exact) mass is 239 g/mol. The van der Waals surface area contributed by atoms with Crippen LogP contribution in [0.3, 0.4) is 0 Å². The third-order valence-electron chi connectivity index (χ3n) is 2.30. The van der Waals surface area contributed by atoms with Crippen LogP contribution in [0.4, 0.5) is 4.39 Å². The minimum atomic E-state index is -0.521. The van der Waals surface area contributed by atoms with Crippen molar-refractivity contribution < 1.29 is 13.9 Å². The van der Waals surface area contributed by atoms with E-state index in [-0.39, 0.29) is 11.7 Å². The van der Waals surface area contributed by atoms with Crippen LogP contribution in [0.2, 0.25) is 0 Å². The normalized spacial score (nSPS) is 11.9. The van der Waals surface area contributed by atoms with Crippen LogP contribution < -0.4 is 10.1 Å². The lowest BCUT2D eigenvalue weighted by Gasteiger charge is -2.16. The van der Waals surface area contributed by atoms with Crippen molar-refractivity contribution in [3.63, 3.8) is 0 Å². The molecule has 0 heterocycles. The van der Waals surface area contributed by atoms with Crippen molar-refractivity contribution in [2.45, 2.75) is 32.8 Å². The smallest absolute Gasteiger partial charge is 0.261 e. The molecule has 0 aromatic heterocycles. The molecule has 0 spiro atoms. The first-order chi connectivity index (χ1) is 8.17. The number of nitrogens with one attached hydrogen (secondary N) is 1. The molecule has 0 saturated carbocycles. The Kier molecular flexibility index (Phi) is 5.46. The third kappa shape index (κ3) is 4.43. The molecule has 0 radical (unpaired) electrons. The number of carbonyl (C=O) groups is 1. The molecule has 1 rings (SSSR count). The van der Waals surface area contributed by atoms with E-state index >= 15 is 0 Å². The molecule has 1 N–H and O–H groups in total. The van der Waals surface area contributed by atoms with Crippen LogP contribution in [0.15, 0.2) is 24.3 Å². The van der Waals surface area contributed by atoms with E-state index in [2.05, 4.69) is 5.32 Å². The Hall–Kier alpha value is -1.58. The van der Waals surface area contributed by atoms with Crippen molar-refractivity contribution in [2.24, 2.45) is 0 Å². The molecule has 1 aromatic rings. The molecular weight excluding hydrogens is 221 g/mol. The number of ether oxygens (including phenoxy) is 1. The lowest BCUT2D eigenvalue weighted by Crippen LogP contribution is -2.38. The summed E-state index contributed by atoms with van der Waals surface area (Å²) in [6, 6.07) is 5.66. The Labute approximate surface area is 101 Å². The van der Waals surface area contributed by atoms with Crippen molar-refractivity contribution in [1.82, 2.24) is 5.32 Å². The molecule has 0 aliphatic rings. The molecule has 94 valence electrons. The SMILES string of the molecule is CCCNC(=O)[C@@H](CC)Oc1ccc(F)cc1. The summed E-state index contributed by atoms with van der Waals surface area (Å²) in [7, 11) is 0. The first kappa shape index (κ1) is 13.5. The van der Waals surface area contributed by atoms with E-state index in [9.17, 15) is 9.18 Å². The minimum Gasteiger partial charge on any atom is -0.481 e. The van der Waals surface area contributed by atoms with Gasteiger partial charge < -0.3 is 10.1 Å². The Morgan fingerprint density at radius 3 is 2.53 bits per heavy atom. The standard InChI is InChI=1S/C13H18FNO2/c1-3-9-15-13(16)12(4-2)17-11-7-5-10(14)6-8-11/h5-8,12H,3-4,9H2,1-2H3,(H,15,16)/t12-/m1/s1. The molecule has 3 nitrogen and oxygen atoms in total. The van der Waals surface area contributed by atoms with Crippen LogP contribution in [-0.4, -0.2) is 18.6 Å². The largest absolute Gasteiger partial charge is 0.481 e. The molecule has 0 fully saturated rings. The molecule has 0 saturated heterocycles. The number of hydrogen-bond acceptors (Lipinski definition) is 2. The maximum atomic E-state index is 12.7. The zero-order valence-electron chi connectivity index (χ0n) is 10.2. The molecule has 1 aromatic carbocycles. The second-order valence-electron chi connectivity index (χ2n) is 3.76. The molecule has 0 unspecified atom stereocenters. The fraction of sp³-hybridized carbons (Fsp3) is 0.462. The highest BCUT2D eigenvalue weighted by Crippen LogP contribution is 2.14. The quantitative estimate of drug-likeness (QED) is 0.828. The maximum Gasteiger partial charge on any atom is 0.261 e. The molecule has 0 aliphatic heterocycles. The molecule has 1 atom stereocenters. The second kappa shape index (κ2) is 6.89. The van der Waals surface area contributed by atoms with Gasteiger partial charge in [-0.2, -0.15) is 0 Å². The van der Waals surface area contributed by atoms with Gasteiger partial charge in [0.25, 0.3) is 5.91 Å². The van der Waals surface area contributed by atoms with Crippen molar-refractivity contribution in [3.05, 3.63) is 30.1 Å². The number of halogens is 1. The van der Waals surface area contributed by atoms with Crippen molar-refractivity contribution >= 4 is 5.91 Å². The van der Waals surface area contributed by atoms with E-state index in [0.29, 0.717) is 18.7 Å². The van der Waals surface area contributed by atoms with E-state index in [0.717, 1.165) is 6.42 Å². The van der Waals surface area contributed by atoms with Gasteiger partial charge in [0.1, 0.15) is 11.6 Å². The molecule has 0 aliphatic carbocycles. The number of carbonyl (C=O) groups excluding carboxylic acids is 1. The number of rotatable bonds is 6. The van der Waals surface area contributed by atoms with Crippen LogP contribution in [0.1, 0.15) is 26.7 Å². The van der Waals surface area contributed by atoms with Gasteiger partial charge in [0.05, 0.1) is 0 Å². The molecule has 4 heteroatoms. The Morgan fingerprint density at radius 2 is 2.00 bits per heavy atom. The number of hydrogen-bond donors (Lipinski definition) is 1. The van der Waals surface area contributed by atoms with Crippen molar-refractivity contribution in [3.8, 4) is 5.75 Å². The minimum absolute atomic E-state index is 0.126. The van der Waals surface area contributed by atoms with E-state index < -0.39 is 6.10 Å². The topological polar surface area (TPSA) is 38.3 Å². The summed E-state index contributed by atoms with van der Waals surface area (Å²) in [5.41, 5.74) is 0. The molecular formula is C13H18FNO2. The predicted octanol–water partition coefficient (Wildman–Crippen LogP) is 2.51. The van der Waals surface area contributed by atoms with Crippen LogP contribution >= 0.6 is 0 Å². The van der Waals surface area contributed by atoms with Gasteiger partial charge in [-0.1, -0.05) is 13.8 Å². The van der Waals surface area contributed by atoms with E-state index in [1.54, 1.807) is 0 Å². The highest BCUT2D eigenvalue weighted by molar-refractivity contribution is 5.81. The fourth-order valence-corrected chi connectivity index (χ4v) is 1.36. The summed E-state index contributed by atoms with van der Waals surface area (Å²) in [4.78, 5) is 11.7. The van der Waals surface area contributed by atoms with Crippen molar-refractivity contribution in [2.75, 3.05) is 6.54 Å².